The summed E-state index contributed by atoms with van der Waals surface area (Å²) in [5.41, 5.74) is 5.02. The van der Waals surface area contributed by atoms with Crippen molar-refractivity contribution in [3.63, 3.8) is 0 Å². The molecule has 1 aliphatic heterocycles. The lowest BCUT2D eigenvalue weighted by atomic mass is 9.95. The van der Waals surface area contributed by atoms with E-state index in [2.05, 4.69) is 76.0 Å². The van der Waals surface area contributed by atoms with Crippen LogP contribution in [0.4, 0.5) is 0 Å². The number of halogens is 1. The Balaban J connectivity index is 1.55. The zero-order valence-electron chi connectivity index (χ0n) is 14.9. The van der Waals surface area contributed by atoms with Gasteiger partial charge < -0.3 is 4.98 Å². The zero-order chi connectivity index (χ0) is 17.6. The molecule has 25 heavy (non-hydrogen) atoms. The first-order chi connectivity index (χ1) is 11.9. The number of hydrogen-bond donors (Lipinski definition) is 1. The number of rotatable bonds is 2. The predicted octanol–water partition coefficient (Wildman–Crippen LogP) is 4.58. The van der Waals surface area contributed by atoms with Crippen molar-refractivity contribution in [1.82, 2.24) is 19.9 Å². The van der Waals surface area contributed by atoms with Gasteiger partial charge in [-0.25, -0.2) is 9.97 Å². The first kappa shape index (κ1) is 16.7. The molecule has 0 bridgehead atoms. The maximum absolute atomic E-state index is 4.83. The van der Waals surface area contributed by atoms with Crippen molar-refractivity contribution >= 4 is 26.8 Å². The summed E-state index contributed by atoms with van der Waals surface area (Å²) in [6.07, 6.45) is 5.15. The molecular weight excluding hydrogens is 376 g/mol. The van der Waals surface area contributed by atoms with Gasteiger partial charge >= 0.3 is 0 Å². The maximum atomic E-state index is 4.83. The van der Waals surface area contributed by atoms with Crippen LogP contribution in [0.1, 0.15) is 43.4 Å². The predicted molar refractivity (Wildman–Crippen MR) is 105 cm³/mol. The minimum Gasteiger partial charge on any atom is -0.361 e. The van der Waals surface area contributed by atoms with Crippen LogP contribution in [0.5, 0.6) is 0 Å². The second-order valence-corrected chi connectivity index (χ2v) is 8.80. The molecule has 0 unspecified atom stereocenters. The first-order valence-electron chi connectivity index (χ1n) is 8.73. The van der Waals surface area contributed by atoms with E-state index in [1.54, 1.807) is 0 Å². The highest BCUT2D eigenvalue weighted by Crippen LogP contribution is 2.26. The highest BCUT2D eigenvalue weighted by atomic mass is 79.9. The minimum atomic E-state index is 0.00356. The van der Waals surface area contributed by atoms with Gasteiger partial charge in [0.15, 0.2) is 0 Å². The standard InChI is InChI=1S/C20H23BrN4/c1-20(2,3)19-23-10-14-12-25(7-6-17(14)24-19)11-13-9-22-18-5-4-15(21)8-16(13)18/h4-5,8-10,22H,6-7,11-12H2,1-3H3. The Morgan fingerprint density at radius 2 is 2.12 bits per heavy atom. The zero-order valence-corrected chi connectivity index (χ0v) is 16.5. The molecule has 0 atom stereocenters. The lowest BCUT2D eigenvalue weighted by molar-refractivity contribution is 0.243. The molecule has 0 radical (unpaired) electrons. The monoisotopic (exact) mass is 398 g/mol. The Morgan fingerprint density at radius 1 is 1.28 bits per heavy atom. The summed E-state index contributed by atoms with van der Waals surface area (Å²) in [6, 6.07) is 6.39. The van der Waals surface area contributed by atoms with E-state index in [1.807, 2.05) is 6.20 Å². The van der Waals surface area contributed by atoms with Crippen LogP contribution in [-0.4, -0.2) is 26.4 Å². The normalized spacial score (nSPS) is 15.5. The maximum Gasteiger partial charge on any atom is 0.133 e. The quantitative estimate of drug-likeness (QED) is 0.686. The van der Waals surface area contributed by atoms with Crippen LogP contribution in [0, 0.1) is 0 Å². The summed E-state index contributed by atoms with van der Waals surface area (Å²) in [5.74, 6) is 0.946. The molecule has 3 heterocycles. The molecule has 0 saturated carbocycles. The van der Waals surface area contributed by atoms with Gasteiger partial charge in [-0.1, -0.05) is 36.7 Å². The number of nitrogens with zero attached hydrogens (tertiary/aromatic N) is 3. The fourth-order valence-electron chi connectivity index (χ4n) is 3.39. The molecule has 1 N–H and O–H groups in total. The molecule has 5 heteroatoms. The van der Waals surface area contributed by atoms with Gasteiger partial charge in [0.1, 0.15) is 5.82 Å². The summed E-state index contributed by atoms with van der Waals surface area (Å²) in [6.45, 7) is 9.39. The van der Waals surface area contributed by atoms with E-state index in [0.717, 1.165) is 36.4 Å². The number of aromatic amines is 1. The smallest absolute Gasteiger partial charge is 0.133 e. The van der Waals surface area contributed by atoms with E-state index >= 15 is 0 Å². The number of fused-ring (bicyclic) bond motifs is 2. The van der Waals surface area contributed by atoms with E-state index in [1.165, 1.54) is 27.7 Å². The summed E-state index contributed by atoms with van der Waals surface area (Å²) >= 11 is 3.58. The molecule has 4 nitrogen and oxygen atoms in total. The number of benzene rings is 1. The molecule has 0 aliphatic carbocycles. The molecule has 0 fully saturated rings. The van der Waals surface area contributed by atoms with Gasteiger partial charge in [-0.2, -0.15) is 0 Å². The molecule has 1 aromatic carbocycles. The third-order valence-corrected chi connectivity index (χ3v) is 5.30. The largest absolute Gasteiger partial charge is 0.361 e. The van der Waals surface area contributed by atoms with Crippen LogP contribution in [-0.2, 0) is 24.9 Å². The molecule has 4 rings (SSSR count). The second kappa shape index (κ2) is 6.22. The van der Waals surface area contributed by atoms with Gasteiger partial charge in [0.2, 0.25) is 0 Å². The number of nitrogens with one attached hydrogen (secondary N) is 1. The SMILES string of the molecule is CC(C)(C)c1ncc2c(n1)CCN(Cc1c[nH]c3ccc(Br)cc13)C2. The van der Waals surface area contributed by atoms with Gasteiger partial charge in [-0.15, -0.1) is 0 Å². The topological polar surface area (TPSA) is 44.8 Å². The van der Waals surface area contributed by atoms with E-state index in [4.69, 9.17) is 4.98 Å². The fourth-order valence-corrected chi connectivity index (χ4v) is 3.75. The minimum absolute atomic E-state index is 0.00356. The van der Waals surface area contributed by atoms with Crippen LogP contribution in [0.25, 0.3) is 10.9 Å². The Kier molecular flexibility index (Phi) is 4.16. The van der Waals surface area contributed by atoms with E-state index < -0.39 is 0 Å². The molecule has 3 aromatic rings. The van der Waals surface area contributed by atoms with Crippen molar-refractivity contribution in [2.45, 2.75) is 45.7 Å². The van der Waals surface area contributed by atoms with Crippen molar-refractivity contribution in [2.24, 2.45) is 0 Å². The van der Waals surface area contributed by atoms with Gasteiger partial charge in [-0.05, 0) is 23.8 Å². The van der Waals surface area contributed by atoms with Crippen molar-refractivity contribution in [1.29, 1.82) is 0 Å². The van der Waals surface area contributed by atoms with Crippen LogP contribution < -0.4 is 0 Å². The lowest BCUT2D eigenvalue weighted by Crippen LogP contribution is -2.31. The molecule has 1 aliphatic rings. The highest BCUT2D eigenvalue weighted by molar-refractivity contribution is 9.10. The molecule has 0 spiro atoms. The highest BCUT2D eigenvalue weighted by Gasteiger charge is 2.23. The molecular formula is C20H23BrN4. The fraction of sp³-hybridized carbons (Fsp3) is 0.400. The molecule has 0 amide bonds. The third-order valence-electron chi connectivity index (χ3n) is 4.81. The van der Waals surface area contributed by atoms with Crippen LogP contribution in [0.15, 0.2) is 35.1 Å². The van der Waals surface area contributed by atoms with Gasteiger partial charge in [0, 0.05) is 70.5 Å². The van der Waals surface area contributed by atoms with Crippen LogP contribution >= 0.6 is 15.9 Å². The van der Waals surface area contributed by atoms with E-state index in [-0.39, 0.29) is 5.41 Å². The van der Waals surface area contributed by atoms with Crippen molar-refractivity contribution in [2.75, 3.05) is 6.54 Å². The van der Waals surface area contributed by atoms with E-state index in [9.17, 15) is 0 Å². The van der Waals surface area contributed by atoms with E-state index in [0.29, 0.717) is 0 Å². The Bertz CT molecular complexity index is 923. The Labute approximate surface area is 156 Å². The van der Waals surface area contributed by atoms with Gasteiger partial charge in [0.05, 0.1) is 0 Å². The average molecular weight is 399 g/mol. The summed E-state index contributed by atoms with van der Waals surface area (Å²) < 4.78 is 1.12. The van der Waals surface area contributed by atoms with Crippen molar-refractivity contribution in [3.05, 3.63) is 57.7 Å². The summed E-state index contributed by atoms with van der Waals surface area (Å²) in [5, 5.41) is 1.29. The second-order valence-electron chi connectivity index (χ2n) is 7.88. The first-order valence-corrected chi connectivity index (χ1v) is 9.52. The Hall–Kier alpha value is -1.72. The van der Waals surface area contributed by atoms with Gasteiger partial charge in [0.25, 0.3) is 0 Å². The third kappa shape index (κ3) is 3.35. The molecule has 0 saturated heterocycles. The number of hydrogen-bond acceptors (Lipinski definition) is 3. The molecule has 2 aromatic heterocycles. The Morgan fingerprint density at radius 3 is 2.92 bits per heavy atom. The van der Waals surface area contributed by atoms with Crippen LogP contribution in [0.3, 0.4) is 0 Å². The number of aromatic nitrogens is 3. The van der Waals surface area contributed by atoms with Gasteiger partial charge in [-0.3, -0.25) is 4.90 Å². The van der Waals surface area contributed by atoms with Crippen molar-refractivity contribution < 1.29 is 0 Å². The number of H-pyrrole nitrogens is 1. The average Bonchev–Trinajstić information content (AvgIpc) is 2.95. The lowest BCUT2D eigenvalue weighted by Gasteiger charge is -2.29. The molecule has 130 valence electrons. The van der Waals surface area contributed by atoms with Crippen LogP contribution in [0.2, 0.25) is 0 Å². The summed E-state index contributed by atoms with van der Waals surface area (Å²) in [7, 11) is 0. The summed E-state index contributed by atoms with van der Waals surface area (Å²) in [4.78, 5) is 15.3. The van der Waals surface area contributed by atoms with Crippen molar-refractivity contribution in [3.8, 4) is 0 Å².